The van der Waals surface area contributed by atoms with Crippen LogP contribution in [0.4, 0.5) is 5.69 Å². The van der Waals surface area contributed by atoms with E-state index < -0.39 is 0 Å². The maximum absolute atomic E-state index is 12.7. The van der Waals surface area contributed by atoms with Gasteiger partial charge in [0.1, 0.15) is 17.1 Å². The Morgan fingerprint density at radius 1 is 0.760 bits per heavy atom. The Labute approximate surface area is 146 Å². The number of hydrogen-bond donors (Lipinski definition) is 1. The molecule has 0 aliphatic rings. The van der Waals surface area contributed by atoms with E-state index in [1.165, 1.54) is 35.5 Å². The van der Waals surface area contributed by atoms with Crippen molar-refractivity contribution >= 4 is 11.6 Å². The van der Waals surface area contributed by atoms with E-state index in [2.05, 4.69) is 5.32 Å². The Hall–Kier alpha value is -3.09. The lowest BCUT2D eigenvalue weighted by molar-refractivity contribution is 0.102. The predicted octanol–water partition coefficient (Wildman–Crippen LogP) is 2.98. The standard InChI is InChI=1S/C18H21NO6/c1-21-12-7-6-8-13(22-2)16(12)18(20)19-11-9-14(23-3)17(25-5)15(10-11)24-4/h6-10H,1-5H3,(H,19,20). The molecule has 134 valence electrons. The zero-order valence-corrected chi connectivity index (χ0v) is 14.8. The van der Waals surface area contributed by atoms with E-state index in [9.17, 15) is 4.79 Å². The molecule has 7 heteroatoms. The van der Waals surface area contributed by atoms with Gasteiger partial charge in [-0.15, -0.1) is 0 Å². The van der Waals surface area contributed by atoms with Gasteiger partial charge in [-0.2, -0.15) is 0 Å². The highest BCUT2D eigenvalue weighted by Gasteiger charge is 2.20. The van der Waals surface area contributed by atoms with Gasteiger partial charge < -0.3 is 29.0 Å². The maximum atomic E-state index is 12.7. The largest absolute Gasteiger partial charge is 0.496 e. The van der Waals surface area contributed by atoms with Crippen LogP contribution in [0.15, 0.2) is 30.3 Å². The highest BCUT2D eigenvalue weighted by molar-refractivity contribution is 6.08. The molecule has 2 aromatic carbocycles. The van der Waals surface area contributed by atoms with Crippen LogP contribution in [0.25, 0.3) is 0 Å². The molecule has 0 spiro atoms. The third-order valence-electron chi connectivity index (χ3n) is 3.58. The van der Waals surface area contributed by atoms with Crippen molar-refractivity contribution in [1.82, 2.24) is 0 Å². The summed E-state index contributed by atoms with van der Waals surface area (Å²) in [6, 6.07) is 8.40. The van der Waals surface area contributed by atoms with E-state index >= 15 is 0 Å². The Kier molecular flexibility index (Phi) is 5.94. The van der Waals surface area contributed by atoms with Crippen molar-refractivity contribution in [3.8, 4) is 28.7 Å². The van der Waals surface area contributed by atoms with Crippen molar-refractivity contribution in [2.24, 2.45) is 0 Å². The number of benzene rings is 2. The van der Waals surface area contributed by atoms with Crippen LogP contribution in [-0.2, 0) is 0 Å². The second-order valence-electron chi connectivity index (χ2n) is 4.91. The summed E-state index contributed by atoms with van der Waals surface area (Å²) in [5.41, 5.74) is 0.772. The SMILES string of the molecule is COc1cc(NC(=O)c2c(OC)cccc2OC)cc(OC)c1OC. The predicted molar refractivity (Wildman–Crippen MR) is 93.6 cm³/mol. The number of methoxy groups -OCH3 is 5. The molecule has 0 saturated heterocycles. The summed E-state index contributed by atoms with van der Waals surface area (Å²) in [6.07, 6.45) is 0. The van der Waals surface area contributed by atoms with E-state index in [1.807, 2.05) is 0 Å². The highest BCUT2D eigenvalue weighted by Crippen LogP contribution is 2.40. The van der Waals surface area contributed by atoms with E-state index in [-0.39, 0.29) is 5.91 Å². The molecule has 0 radical (unpaired) electrons. The van der Waals surface area contributed by atoms with Crippen LogP contribution >= 0.6 is 0 Å². The molecule has 0 heterocycles. The Morgan fingerprint density at radius 2 is 1.24 bits per heavy atom. The van der Waals surface area contributed by atoms with Crippen molar-refractivity contribution < 1.29 is 28.5 Å². The van der Waals surface area contributed by atoms with Crippen LogP contribution in [0.2, 0.25) is 0 Å². The third-order valence-corrected chi connectivity index (χ3v) is 3.58. The first-order valence-electron chi connectivity index (χ1n) is 7.41. The summed E-state index contributed by atoms with van der Waals surface area (Å²) in [6.45, 7) is 0. The number of hydrogen-bond acceptors (Lipinski definition) is 6. The minimum atomic E-state index is -0.386. The summed E-state index contributed by atoms with van der Waals surface area (Å²) < 4.78 is 26.4. The molecule has 1 amide bonds. The lowest BCUT2D eigenvalue weighted by Gasteiger charge is -2.16. The van der Waals surface area contributed by atoms with Crippen molar-refractivity contribution in [2.45, 2.75) is 0 Å². The summed E-state index contributed by atoms with van der Waals surface area (Å²) >= 11 is 0. The van der Waals surface area contributed by atoms with Gasteiger partial charge in [0.15, 0.2) is 11.5 Å². The van der Waals surface area contributed by atoms with Crippen molar-refractivity contribution in [3.63, 3.8) is 0 Å². The molecule has 0 bridgehead atoms. The molecule has 0 unspecified atom stereocenters. The van der Waals surface area contributed by atoms with Crippen LogP contribution in [0, 0.1) is 0 Å². The second kappa shape index (κ2) is 8.14. The van der Waals surface area contributed by atoms with Gasteiger partial charge in [-0.25, -0.2) is 0 Å². The van der Waals surface area contributed by atoms with E-state index in [0.29, 0.717) is 40.0 Å². The maximum Gasteiger partial charge on any atom is 0.263 e. The highest BCUT2D eigenvalue weighted by atomic mass is 16.5. The van der Waals surface area contributed by atoms with Crippen LogP contribution in [0.3, 0.4) is 0 Å². The minimum absolute atomic E-state index is 0.293. The quantitative estimate of drug-likeness (QED) is 0.830. The number of carbonyl (C=O) groups excluding carboxylic acids is 1. The van der Waals surface area contributed by atoms with Gasteiger partial charge in [-0.1, -0.05) is 6.07 Å². The summed E-state index contributed by atoms with van der Waals surface area (Å²) in [5.74, 6) is 1.74. The van der Waals surface area contributed by atoms with Crippen LogP contribution in [0.1, 0.15) is 10.4 Å². The molecule has 0 atom stereocenters. The molecular weight excluding hydrogens is 326 g/mol. The smallest absolute Gasteiger partial charge is 0.263 e. The average Bonchev–Trinajstić information content (AvgIpc) is 2.65. The molecule has 0 fully saturated rings. The molecule has 7 nitrogen and oxygen atoms in total. The van der Waals surface area contributed by atoms with Crippen LogP contribution in [-0.4, -0.2) is 41.5 Å². The molecule has 0 aliphatic heterocycles. The van der Waals surface area contributed by atoms with Crippen molar-refractivity contribution in [3.05, 3.63) is 35.9 Å². The average molecular weight is 347 g/mol. The second-order valence-corrected chi connectivity index (χ2v) is 4.91. The zero-order valence-electron chi connectivity index (χ0n) is 14.8. The van der Waals surface area contributed by atoms with Crippen molar-refractivity contribution in [1.29, 1.82) is 0 Å². The Bertz CT molecular complexity index is 712. The molecule has 2 aromatic rings. The number of amides is 1. The third kappa shape index (κ3) is 3.71. The Morgan fingerprint density at radius 3 is 1.64 bits per heavy atom. The van der Waals surface area contributed by atoms with Gasteiger partial charge >= 0.3 is 0 Å². The molecule has 0 saturated carbocycles. The number of ether oxygens (including phenoxy) is 5. The summed E-state index contributed by atoms with van der Waals surface area (Å²) in [7, 11) is 7.51. The number of anilines is 1. The van der Waals surface area contributed by atoms with E-state index in [0.717, 1.165) is 0 Å². The molecule has 0 aliphatic carbocycles. The van der Waals surface area contributed by atoms with E-state index in [1.54, 1.807) is 30.3 Å². The Balaban J connectivity index is 2.42. The number of rotatable bonds is 7. The number of carbonyl (C=O) groups is 1. The van der Waals surface area contributed by atoms with Gasteiger partial charge in [0.05, 0.1) is 35.5 Å². The van der Waals surface area contributed by atoms with E-state index in [4.69, 9.17) is 23.7 Å². The molecule has 0 aromatic heterocycles. The molecule has 2 rings (SSSR count). The van der Waals surface area contributed by atoms with Gasteiger partial charge in [-0.3, -0.25) is 4.79 Å². The lowest BCUT2D eigenvalue weighted by atomic mass is 10.1. The molecule has 25 heavy (non-hydrogen) atoms. The summed E-state index contributed by atoms with van der Waals surface area (Å²) in [4.78, 5) is 12.7. The van der Waals surface area contributed by atoms with Crippen LogP contribution < -0.4 is 29.0 Å². The van der Waals surface area contributed by atoms with Crippen molar-refractivity contribution in [2.75, 3.05) is 40.9 Å². The van der Waals surface area contributed by atoms with Gasteiger partial charge in [0, 0.05) is 17.8 Å². The topological polar surface area (TPSA) is 75.3 Å². The molecule has 1 N–H and O–H groups in total. The first kappa shape index (κ1) is 18.3. The lowest BCUT2D eigenvalue weighted by Crippen LogP contribution is -2.15. The van der Waals surface area contributed by atoms with Crippen LogP contribution in [0.5, 0.6) is 28.7 Å². The fourth-order valence-corrected chi connectivity index (χ4v) is 2.42. The fourth-order valence-electron chi connectivity index (χ4n) is 2.42. The first-order valence-corrected chi connectivity index (χ1v) is 7.41. The molecular formula is C18H21NO6. The number of nitrogens with one attached hydrogen (secondary N) is 1. The van der Waals surface area contributed by atoms with Gasteiger partial charge in [0.2, 0.25) is 5.75 Å². The fraction of sp³-hybridized carbons (Fsp3) is 0.278. The zero-order chi connectivity index (χ0) is 18.4. The van der Waals surface area contributed by atoms with Gasteiger partial charge in [-0.05, 0) is 12.1 Å². The minimum Gasteiger partial charge on any atom is -0.496 e. The first-order chi connectivity index (χ1) is 12.1. The monoisotopic (exact) mass is 347 g/mol. The summed E-state index contributed by atoms with van der Waals surface area (Å²) in [5, 5.41) is 2.79. The normalized spacial score (nSPS) is 9.96. The van der Waals surface area contributed by atoms with Gasteiger partial charge in [0.25, 0.3) is 5.91 Å².